The Morgan fingerprint density at radius 1 is 0.524 bits per heavy atom. The Labute approximate surface area is 269 Å². The molecule has 210 valence electrons. The molecule has 0 saturated heterocycles. The Kier molecular flexibility index (Phi) is 9.19. The van der Waals surface area contributed by atoms with Gasteiger partial charge >= 0.3 is 246 Å². The summed E-state index contributed by atoms with van der Waals surface area (Å²) >= 11 is -1.69. The van der Waals surface area contributed by atoms with Gasteiger partial charge in [-0.15, -0.1) is 24.8 Å². The second-order valence-corrected chi connectivity index (χ2v) is 23.9. The zero-order valence-corrected chi connectivity index (χ0v) is 28.7. The molecule has 0 aliphatic heterocycles. The quantitative estimate of drug-likeness (QED) is 0.172. The first kappa shape index (κ1) is 30.8. The molecule has 7 rings (SSSR count). The molecule has 0 saturated carbocycles. The van der Waals surface area contributed by atoms with E-state index in [1.807, 2.05) is 0 Å². The second-order valence-electron chi connectivity index (χ2n) is 11.6. The molecule has 0 radical (unpaired) electrons. The van der Waals surface area contributed by atoms with Crippen LogP contribution in [0.1, 0.15) is 44.5 Å². The molecule has 0 amide bonds. The molecule has 0 spiro atoms. The number of hydrogen-bond donors (Lipinski definition) is 0. The molecule has 0 nitrogen and oxygen atoms in total. The summed E-state index contributed by atoms with van der Waals surface area (Å²) in [7, 11) is 0. The molecule has 2 unspecified atom stereocenters. The Bertz CT molecular complexity index is 1890. The van der Waals surface area contributed by atoms with E-state index in [1.165, 1.54) is 44.2 Å². The number of halogens is 2. The van der Waals surface area contributed by atoms with Crippen LogP contribution in [0.3, 0.4) is 0 Å². The van der Waals surface area contributed by atoms with E-state index in [-0.39, 0.29) is 24.8 Å². The fraction of sp³-hybridized carbons (Fsp3) is 0.158. The van der Waals surface area contributed by atoms with Gasteiger partial charge in [0, 0.05) is 0 Å². The summed E-state index contributed by atoms with van der Waals surface area (Å²) in [6.45, 7) is 10.0. The summed E-state index contributed by atoms with van der Waals surface area (Å²) in [6.07, 6.45) is 4.59. The minimum atomic E-state index is -1.69. The van der Waals surface area contributed by atoms with Gasteiger partial charge in [0.1, 0.15) is 0 Å². The van der Waals surface area contributed by atoms with Crippen molar-refractivity contribution in [2.75, 3.05) is 0 Å². The van der Waals surface area contributed by atoms with E-state index in [9.17, 15) is 0 Å². The fourth-order valence-electron chi connectivity index (χ4n) is 7.24. The average molecular weight is 640 g/mol. The van der Waals surface area contributed by atoms with Gasteiger partial charge in [-0.25, -0.2) is 0 Å². The normalized spacial score (nSPS) is 16.5. The van der Waals surface area contributed by atoms with Crippen molar-refractivity contribution in [3.8, 4) is 22.3 Å². The van der Waals surface area contributed by atoms with Crippen molar-refractivity contribution in [2.24, 2.45) is 0 Å². The largest absolute Gasteiger partial charge is 0.147 e. The molecule has 5 aromatic rings. The van der Waals surface area contributed by atoms with Crippen molar-refractivity contribution < 1.29 is 16.6 Å². The smallest absolute Gasteiger partial charge is 0.147 e. The van der Waals surface area contributed by atoms with Crippen LogP contribution < -0.4 is 0 Å². The maximum absolute atomic E-state index is 2.60. The van der Waals surface area contributed by atoms with Crippen LogP contribution in [0.4, 0.5) is 0 Å². The summed E-state index contributed by atoms with van der Waals surface area (Å²) in [5.41, 5.74) is 14.7. The van der Waals surface area contributed by atoms with Crippen LogP contribution >= 0.6 is 24.8 Å². The summed E-state index contributed by atoms with van der Waals surface area (Å²) in [5, 5.41) is 2.66. The average Bonchev–Trinajstić information content (AvgIpc) is 3.49. The van der Waals surface area contributed by atoms with Crippen LogP contribution in [-0.2, 0) is 16.6 Å². The first-order chi connectivity index (χ1) is 19.5. The molecular formula is C38H36Cl2SiTi. The van der Waals surface area contributed by atoms with Crippen LogP contribution in [-0.4, -0.2) is 6.19 Å². The molecular weight excluding hydrogens is 603 g/mol. The molecule has 2 atom stereocenters. The maximum Gasteiger partial charge on any atom is -0.147 e. The fourth-order valence-corrected chi connectivity index (χ4v) is 21.1. The third kappa shape index (κ3) is 5.10. The molecule has 0 aromatic heterocycles. The minimum absolute atomic E-state index is 0. The van der Waals surface area contributed by atoms with Crippen molar-refractivity contribution >= 4 is 53.9 Å². The number of hydrogen-bond acceptors (Lipinski definition) is 0. The van der Waals surface area contributed by atoms with Crippen molar-refractivity contribution in [3.63, 3.8) is 0 Å². The summed E-state index contributed by atoms with van der Waals surface area (Å²) in [4.78, 5) is 0. The molecule has 0 heterocycles. The standard InChI is InChI=1S/C20H15.C16H13.C2H6Si.2ClH.Ti/c1-14-12-16-8-5-11-19(20(16)13-14)18-10-4-7-15-6-2-3-9-17(15)18;1-12-10-14-8-5-9-15(16(14)11-12)13-6-3-2-4-7-13;1-3-2;;;/h2-13H,1H3;2-11H,1H3;1-2H3;2*1H;. The first-order valence-electron chi connectivity index (χ1n) is 14.4. The number of rotatable bonds is 4. The van der Waals surface area contributed by atoms with Crippen molar-refractivity contribution in [3.05, 3.63) is 143 Å². The summed E-state index contributed by atoms with van der Waals surface area (Å²) in [5.74, 6) is 0. The Morgan fingerprint density at radius 2 is 1.02 bits per heavy atom. The van der Waals surface area contributed by atoms with E-state index in [2.05, 4.69) is 148 Å². The van der Waals surface area contributed by atoms with Gasteiger partial charge in [-0.2, -0.15) is 0 Å². The van der Waals surface area contributed by atoms with Crippen LogP contribution in [0.2, 0.25) is 13.1 Å². The Balaban J connectivity index is 0.00000176. The molecule has 0 fully saturated rings. The zero-order chi connectivity index (χ0) is 27.4. The second kappa shape index (κ2) is 12.5. The molecule has 2 aliphatic rings. The molecule has 4 heteroatoms. The van der Waals surface area contributed by atoms with E-state index in [4.69, 9.17) is 0 Å². The molecule has 0 N–H and O–H groups in total. The minimum Gasteiger partial charge on any atom is -0.147 e. The van der Waals surface area contributed by atoms with Crippen LogP contribution in [0.15, 0.2) is 120 Å². The van der Waals surface area contributed by atoms with E-state index in [0.29, 0.717) is 8.45 Å². The van der Waals surface area contributed by atoms with Gasteiger partial charge in [-0.05, 0) is 0 Å². The van der Waals surface area contributed by atoms with E-state index >= 15 is 0 Å². The van der Waals surface area contributed by atoms with E-state index in [1.54, 1.807) is 22.3 Å². The molecule has 0 bridgehead atoms. The molecule has 2 aliphatic carbocycles. The Hall–Kier alpha value is -2.65. The predicted molar refractivity (Wildman–Crippen MR) is 186 cm³/mol. The summed E-state index contributed by atoms with van der Waals surface area (Å²) < 4.78 is 1.22. The molecule has 42 heavy (non-hydrogen) atoms. The van der Waals surface area contributed by atoms with Gasteiger partial charge in [-0.3, -0.25) is 0 Å². The third-order valence-electron chi connectivity index (χ3n) is 8.92. The first-order valence-corrected chi connectivity index (χ1v) is 21.0. The summed E-state index contributed by atoms with van der Waals surface area (Å²) in [6, 6.07) is 40.7. The van der Waals surface area contributed by atoms with Gasteiger partial charge in [0.05, 0.1) is 0 Å². The van der Waals surface area contributed by atoms with Gasteiger partial charge in [0.15, 0.2) is 0 Å². The van der Waals surface area contributed by atoms with Crippen molar-refractivity contribution in [1.82, 2.24) is 0 Å². The SMILES string of the molecule is CC1=Cc2c(-c3ccccc3)cccc2[CH]1[Ti]([CH]1C(C)=Cc2c(-c3cccc4ccccc34)cccc21)=[Si](C)C.Cl.Cl. The van der Waals surface area contributed by atoms with Gasteiger partial charge in [-0.1, -0.05) is 0 Å². The third-order valence-corrected chi connectivity index (χ3v) is 22.2. The monoisotopic (exact) mass is 638 g/mol. The van der Waals surface area contributed by atoms with Gasteiger partial charge in [0.2, 0.25) is 0 Å². The molecule has 5 aromatic carbocycles. The Morgan fingerprint density at radius 3 is 1.67 bits per heavy atom. The van der Waals surface area contributed by atoms with Crippen LogP contribution in [0.5, 0.6) is 0 Å². The van der Waals surface area contributed by atoms with E-state index < -0.39 is 22.8 Å². The van der Waals surface area contributed by atoms with Crippen molar-refractivity contribution in [1.29, 1.82) is 0 Å². The zero-order valence-electron chi connectivity index (χ0n) is 24.5. The van der Waals surface area contributed by atoms with Gasteiger partial charge < -0.3 is 0 Å². The predicted octanol–water partition coefficient (Wildman–Crippen LogP) is 11.5. The maximum atomic E-state index is 2.60. The van der Waals surface area contributed by atoms with Crippen LogP contribution in [0, 0.1) is 0 Å². The van der Waals surface area contributed by atoms with E-state index in [0.717, 1.165) is 0 Å². The number of allylic oxidation sites excluding steroid dienone is 2. The number of fused-ring (bicyclic) bond motifs is 3. The number of benzene rings is 5. The topological polar surface area (TPSA) is 0 Å². The van der Waals surface area contributed by atoms with Crippen LogP contribution in [0.25, 0.3) is 45.2 Å². The van der Waals surface area contributed by atoms with Gasteiger partial charge in [0.25, 0.3) is 0 Å². The van der Waals surface area contributed by atoms with Crippen molar-refractivity contribution in [2.45, 2.75) is 35.4 Å².